The van der Waals surface area contributed by atoms with E-state index in [1.54, 1.807) is 24.3 Å². The molecule has 0 atom stereocenters. The highest BCUT2D eigenvalue weighted by Gasteiger charge is 2.13. The predicted octanol–water partition coefficient (Wildman–Crippen LogP) is 2.50. The molecule has 0 saturated carbocycles. The summed E-state index contributed by atoms with van der Waals surface area (Å²) in [6.45, 7) is 9.56. The van der Waals surface area contributed by atoms with Gasteiger partial charge in [0, 0.05) is 17.7 Å². The molecule has 0 heterocycles. The van der Waals surface area contributed by atoms with Crippen molar-refractivity contribution in [3.05, 3.63) is 29.8 Å². The van der Waals surface area contributed by atoms with Crippen molar-refractivity contribution in [2.24, 2.45) is 0 Å². The Kier molecular flexibility index (Phi) is 7.27. The van der Waals surface area contributed by atoms with Crippen molar-refractivity contribution in [1.29, 1.82) is 0 Å². The standard InChI is InChI=1S/C16H24N2O3S/c1-5-20-10-11-21-13-8-6-12(7-9-13)14(19)17-15(22)18-16(2,3)4/h6-9H,5,10-11H2,1-4H3,(H2,17,18,19,22). The van der Waals surface area contributed by atoms with Crippen molar-refractivity contribution in [2.75, 3.05) is 19.8 Å². The molecule has 0 aliphatic carbocycles. The number of carbonyl (C=O) groups excluding carboxylic acids is 1. The SMILES string of the molecule is CCOCCOc1ccc(C(=O)NC(=S)NC(C)(C)C)cc1. The van der Waals surface area contributed by atoms with Gasteiger partial charge in [-0.05, 0) is 64.2 Å². The lowest BCUT2D eigenvalue weighted by atomic mass is 10.1. The van der Waals surface area contributed by atoms with E-state index in [9.17, 15) is 4.79 Å². The van der Waals surface area contributed by atoms with Crippen LogP contribution in [-0.4, -0.2) is 36.4 Å². The molecule has 1 aromatic carbocycles. The minimum atomic E-state index is -0.248. The van der Waals surface area contributed by atoms with Gasteiger partial charge in [-0.15, -0.1) is 0 Å². The molecule has 6 heteroatoms. The normalized spacial score (nSPS) is 10.9. The van der Waals surface area contributed by atoms with Crippen LogP contribution in [0, 0.1) is 0 Å². The van der Waals surface area contributed by atoms with Crippen LogP contribution in [0.4, 0.5) is 0 Å². The molecule has 0 unspecified atom stereocenters. The molecule has 0 bridgehead atoms. The van der Waals surface area contributed by atoms with Crippen molar-refractivity contribution in [1.82, 2.24) is 10.6 Å². The van der Waals surface area contributed by atoms with Crippen molar-refractivity contribution < 1.29 is 14.3 Å². The van der Waals surface area contributed by atoms with Gasteiger partial charge in [0.15, 0.2) is 5.11 Å². The van der Waals surface area contributed by atoms with E-state index in [0.29, 0.717) is 36.2 Å². The highest BCUT2D eigenvalue weighted by atomic mass is 32.1. The number of nitrogens with one attached hydrogen (secondary N) is 2. The molecule has 1 rings (SSSR count). The minimum absolute atomic E-state index is 0.192. The van der Waals surface area contributed by atoms with Crippen LogP contribution in [-0.2, 0) is 4.74 Å². The Bertz CT molecular complexity index is 495. The zero-order valence-electron chi connectivity index (χ0n) is 13.6. The minimum Gasteiger partial charge on any atom is -0.491 e. The second kappa shape index (κ2) is 8.70. The van der Waals surface area contributed by atoms with Gasteiger partial charge in [-0.1, -0.05) is 0 Å². The maximum atomic E-state index is 12.1. The van der Waals surface area contributed by atoms with Crippen LogP contribution in [0.3, 0.4) is 0 Å². The van der Waals surface area contributed by atoms with Gasteiger partial charge in [0.1, 0.15) is 12.4 Å². The molecule has 0 spiro atoms. The third kappa shape index (κ3) is 7.38. The number of benzene rings is 1. The number of ether oxygens (including phenoxy) is 2. The van der Waals surface area contributed by atoms with Crippen LogP contribution >= 0.6 is 12.2 Å². The number of amides is 1. The quantitative estimate of drug-likeness (QED) is 0.622. The number of hydrogen-bond donors (Lipinski definition) is 2. The molecular formula is C16H24N2O3S. The number of thiocarbonyl (C=S) groups is 1. The molecule has 0 fully saturated rings. The van der Waals surface area contributed by atoms with Crippen molar-refractivity contribution >= 4 is 23.2 Å². The monoisotopic (exact) mass is 324 g/mol. The third-order valence-corrected chi connectivity index (χ3v) is 2.74. The van der Waals surface area contributed by atoms with Gasteiger partial charge >= 0.3 is 0 Å². The first kappa shape index (κ1) is 18.4. The Morgan fingerprint density at radius 2 is 1.82 bits per heavy atom. The summed E-state index contributed by atoms with van der Waals surface area (Å²) >= 11 is 5.10. The summed E-state index contributed by atoms with van der Waals surface area (Å²) in [6.07, 6.45) is 0. The molecule has 0 aliphatic heterocycles. The molecule has 22 heavy (non-hydrogen) atoms. The zero-order valence-corrected chi connectivity index (χ0v) is 14.4. The van der Waals surface area contributed by atoms with E-state index >= 15 is 0 Å². The summed E-state index contributed by atoms with van der Waals surface area (Å²) < 4.78 is 10.7. The summed E-state index contributed by atoms with van der Waals surface area (Å²) in [4.78, 5) is 12.1. The molecule has 1 amide bonds. The highest BCUT2D eigenvalue weighted by Crippen LogP contribution is 2.12. The van der Waals surface area contributed by atoms with Gasteiger partial charge in [0.25, 0.3) is 5.91 Å². The first-order valence-electron chi connectivity index (χ1n) is 7.26. The third-order valence-electron chi connectivity index (χ3n) is 2.53. The molecule has 0 saturated heterocycles. The molecule has 2 N–H and O–H groups in total. The Labute approximate surface area is 137 Å². The molecule has 0 radical (unpaired) electrons. The summed E-state index contributed by atoms with van der Waals surface area (Å²) in [5.74, 6) is 0.453. The van der Waals surface area contributed by atoms with E-state index in [-0.39, 0.29) is 11.4 Å². The average Bonchev–Trinajstić information content (AvgIpc) is 2.42. The summed E-state index contributed by atoms with van der Waals surface area (Å²) in [5, 5.41) is 6.00. The summed E-state index contributed by atoms with van der Waals surface area (Å²) in [6, 6.07) is 6.90. The topological polar surface area (TPSA) is 59.6 Å². The molecular weight excluding hydrogens is 300 g/mol. The van der Waals surface area contributed by atoms with E-state index in [4.69, 9.17) is 21.7 Å². The van der Waals surface area contributed by atoms with E-state index in [2.05, 4.69) is 10.6 Å². The lowest BCUT2D eigenvalue weighted by Gasteiger charge is -2.22. The van der Waals surface area contributed by atoms with Gasteiger partial charge in [-0.25, -0.2) is 0 Å². The van der Waals surface area contributed by atoms with Gasteiger partial charge in [0.05, 0.1) is 6.61 Å². The number of carbonyl (C=O) groups is 1. The summed E-state index contributed by atoms with van der Waals surface area (Å²) in [7, 11) is 0. The van der Waals surface area contributed by atoms with Crippen LogP contribution < -0.4 is 15.4 Å². The first-order valence-corrected chi connectivity index (χ1v) is 7.67. The van der Waals surface area contributed by atoms with Crippen LogP contribution in [0.25, 0.3) is 0 Å². The smallest absolute Gasteiger partial charge is 0.257 e. The van der Waals surface area contributed by atoms with Crippen LogP contribution in [0.2, 0.25) is 0 Å². The number of rotatable bonds is 6. The first-order chi connectivity index (χ1) is 10.3. The maximum Gasteiger partial charge on any atom is 0.257 e. The van der Waals surface area contributed by atoms with Crippen molar-refractivity contribution in [3.8, 4) is 5.75 Å². The second-order valence-electron chi connectivity index (χ2n) is 5.73. The molecule has 1 aromatic rings. The lowest BCUT2D eigenvalue weighted by molar-refractivity contribution is 0.0976. The maximum absolute atomic E-state index is 12.1. The van der Waals surface area contributed by atoms with E-state index in [1.165, 1.54) is 0 Å². The second-order valence-corrected chi connectivity index (χ2v) is 6.14. The van der Waals surface area contributed by atoms with Gasteiger partial charge in [0.2, 0.25) is 0 Å². The van der Waals surface area contributed by atoms with Crippen molar-refractivity contribution in [3.63, 3.8) is 0 Å². The Morgan fingerprint density at radius 3 is 2.36 bits per heavy atom. The Morgan fingerprint density at radius 1 is 1.18 bits per heavy atom. The molecule has 122 valence electrons. The Balaban J connectivity index is 2.48. The highest BCUT2D eigenvalue weighted by molar-refractivity contribution is 7.80. The molecule has 5 nitrogen and oxygen atoms in total. The molecule has 0 aliphatic rings. The van der Waals surface area contributed by atoms with E-state index in [1.807, 2.05) is 27.7 Å². The van der Waals surface area contributed by atoms with Gasteiger partial charge in [-0.3, -0.25) is 10.1 Å². The average molecular weight is 324 g/mol. The van der Waals surface area contributed by atoms with Gasteiger partial charge < -0.3 is 14.8 Å². The zero-order chi connectivity index (χ0) is 16.6. The fourth-order valence-corrected chi connectivity index (χ4v) is 2.01. The van der Waals surface area contributed by atoms with Gasteiger partial charge in [-0.2, -0.15) is 0 Å². The summed E-state index contributed by atoms with van der Waals surface area (Å²) in [5.41, 5.74) is 0.332. The van der Waals surface area contributed by atoms with E-state index < -0.39 is 0 Å². The van der Waals surface area contributed by atoms with Crippen molar-refractivity contribution in [2.45, 2.75) is 33.2 Å². The largest absolute Gasteiger partial charge is 0.491 e. The molecule has 0 aromatic heterocycles. The fraction of sp³-hybridized carbons (Fsp3) is 0.500. The van der Waals surface area contributed by atoms with Crippen LogP contribution in [0.15, 0.2) is 24.3 Å². The van der Waals surface area contributed by atoms with Crippen LogP contribution in [0.1, 0.15) is 38.1 Å². The van der Waals surface area contributed by atoms with Crippen LogP contribution in [0.5, 0.6) is 5.75 Å². The fourth-order valence-electron chi connectivity index (χ4n) is 1.61. The predicted molar refractivity (Wildman–Crippen MR) is 91.4 cm³/mol. The lowest BCUT2D eigenvalue weighted by Crippen LogP contribution is -2.48. The Hall–Kier alpha value is -1.66. The van der Waals surface area contributed by atoms with E-state index in [0.717, 1.165) is 0 Å². The number of hydrogen-bond acceptors (Lipinski definition) is 4.